The average Bonchev–Trinajstić information content (AvgIpc) is 2.86. The average molecular weight is 463 g/mol. The van der Waals surface area contributed by atoms with Gasteiger partial charge in [-0.15, -0.1) is 0 Å². The van der Waals surface area contributed by atoms with E-state index in [1.165, 1.54) is 5.56 Å². The van der Waals surface area contributed by atoms with E-state index in [0.717, 1.165) is 49.7 Å². The Morgan fingerprint density at radius 2 is 1.56 bits per heavy atom. The zero-order valence-corrected chi connectivity index (χ0v) is 20.1. The lowest BCUT2D eigenvalue weighted by atomic mass is 9.78. The standard InChI is InChI=1S/C31H33F3/c1-3-5-21-8-14-25(15-9-21)27-18-19-28(31(34)30(27)33)26-16-10-22(11-17-26)6-7-23-12-13-24(4-2)29(32)20-23/h6-9,12-15,18-20,22,26H,3-5,10-11,16-17H2,1-2H3/b7-6+. The number of hydrogen-bond acceptors (Lipinski definition) is 0. The highest BCUT2D eigenvalue weighted by molar-refractivity contribution is 5.65. The molecule has 3 aromatic carbocycles. The fourth-order valence-corrected chi connectivity index (χ4v) is 5.07. The van der Waals surface area contributed by atoms with Crippen molar-refractivity contribution >= 4 is 6.08 Å². The first-order valence-corrected chi connectivity index (χ1v) is 12.5. The number of hydrogen-bond donors (Lipinski definition) is 0. The molecule has 1 aliphatic carbocycles. The summed E-state index contributed by atoms with van der Waals surface area (Å²) in [5, 5.41) is 0. The lowest BCUT2D eigenvalue weighted by molar-refractivity contribution is 0.365. The van der Waals surface area contributed by atoms with Crippen molar-refractivity contribution in [1.82, 2.24) is 0 Å². The molecule has 0 radical (unpaired) electrons. The minimum Gasteiger partial charge on any atom is -0.207 e. The SMILES string of the molecule is CCCc1ccc(-c2ccc(C3CCC(/C=C/c4ccc(CC)c(F)c4)CC3)c(F)c2F)cc1. The highest BCUT2D eigenvalue weighted by atomic mass is 19.2. The van der Waals surface area contributed by atoms with Gasteiger partial charge in [0.1, 0.15) is 5.82 Å². The Morgan fingerprint density at radius 3 is 2.21 bits per heavy atom. The summed E-state index contributed by atoms with van der Waals surface area (Å²) < 4.78 is 44.1. The molecule has 1 fully saturated rings. The van der Waals surface area contributed by atoms with E-state index in [4.69, 9.17) is 0 Å². The molecule has 0 nitrogen and oxygen atoms in total. The molecule has 0 spiro atoms. The van der Waals surface area contributed by atoms with E-state index in [2.05, 4.69) is 13.0 Å². The van der Waals surface area contributed by atoms with Crippen LogP contribution in [0, 0.1) is 23.4 Å². The van der Waals surface area contributed by atoms with Crippen molar-refractivity contribution in [1.29, 1.82) is 0 Å². The van der Waals surface area contributed by atoms with Crippen molar-refractivity contribution in [2.24, 2.45) is 5.92 Å². The van der Waals surface area contributed by atoms with Crippen LogP contribution in [0.1, 0.15) is 74.1 Å². The molecule has 0 aromatic heterocycles. The van der Waals surface area contributed by atoms with Crippen LogP contribution in [-0.4, -0.2) is 0 Å². The molecule has 1 aliphatic rings. The fraction of sp³-hybridized carbons (Fsp3) is 0.355. The third-order valence-electron chi connectivity index (χ3n) is 7.15. The summed E-state index contributed by atoms with van der Waals surface area (Å²) in [5.41, 5.74) is 4.32. The molecule has 0 amide bonds. The zero-order valence-electron chi connectivity index (χ0n) is 20.1. The summed E-state index contributed by atoms with van der Waals surface area (Å²) in [5.74, 6) is -1.22. The Labute approximate surface area is 201 Å². The quantitative estimate of drug-likeness (QED) is 0.328. The lowest BCUT2D eigenvalue weighted by Crippen LogP contribution is -2.13. The van der Waals surface area contributed by atoms with Gasteiger partial charge in [-0.1, -0.05) is 81.0 Å². The van der Waals surface area contributed by atoms with Gasteiger partial charge in [0.05, 0.1) is 0 Å². The van der Waals surface area contributed by atoms with Gasteiger partial charge in [-0.3, -0.25) is 0 Å². The smallest absolute Gasteiger partial charge is 0.166 e. The van der Waals surface area contributed by atoms with E-state index in [0.29, 0.717) is 29.0 Å². The van der Waals surface area contributed by atoms with Crippen LogP contribution in [-0.2, 0) is 12.8 Å². The molecule has 0 bridgehead atoms. The minimum absolute atomic E-state index is 0.0291. The Bertz CT molecular complexity index is 1140. The van der Waals surface area contributed by atoms with E-state index < -0.39 is 11.6 Å². The summed E-state index contributed by atoms with van der Waals surface area (Å²) in [6.07, 6.45) is 10.3. The summed E-state index contributed by atoms with van der Waals surface area (Å²) in [6.45, 7) is 4.07. The maximum Gasteiger partial charge on any atom is 0.166 e. The third-order valence-corrected chi connectivity index (χ3v) is 7.15. The lowest BCUT2D eigenvalue weighted by Gasteiger charge is -2.27. The van der Waals surface area contributed by atoms with Crippen LogP contribution >= 0.6 is 0 Å². The summed E-state index contributed by atoms with van der Waals surface area (Å²) >= 11 is 0. The Balaban J connectivity index is 1.41. The predicted octanol–water partition coefficient (Wildman–Crippen LogP) is 9.27. The van der Waals surface area contributed by atoms with E-state index in [1.54, 1.807) is 18.2 Å². The first kappa shape index (κ1) is 24.3. The van der Waals surface area contributed by atoms with Gasteiger partial charge in [-0.05, 0) is 84.2 Å². The van der Waals surface area contributed by atoms with E-state index in [1.807, 2.05) is 49.4 Å². The maximum atomic E-state index is 15.1. The van der Waals surface area contributed by atoms with Crippen LogP contribution in [0.5, 0.6) is 0 Å². The monoisotopic (exact) mass is 462 g/mol. The van der Waals surface area contributed by atoms with Crippen LogP contribution in [0.4, 0.5) is 13.2 Å². The van der Waals surface area contributed by atoms with Gasteiger partial charge in [-0.25, -0.2) is 13.2 Å². The van der Waals surface area contributed by atoms with Gasteiger partial charge in [-0.2, -0.15) is 0 Å². The second kappa shape index (κ2) is 11.1. The van der Waals surface area contributed by atoms with Gasteiger partial charge in [0.2, 0.25) is 0 Å². The molecule has 0 atom stereocenters. The number of benzene rings is 3. The molecule has 178 valence electrons. The molecule has 34 heavy (non-hydrogen) atoms. The molecule has 1 saturated carbocycles. The van der Waals surface area contributed by atoms with Crippen LogP contribution in [0.3, 0.4) is 0 Å². The van der Waals surface area contributed by atoms with Crippen LogP contribution in [0.2, 0.25) is 0 Å². The van der Waals surface area contributed by atoms with Crippen molar-refractivity contribution in [3.05, 3.63) is 100 Å². The van der Waals surface area contributed by atoms with E-state index >= 15 is 8.78 Å². The summed E-state index contributed by atoms with van der Waals surface area (Å²) in [7, 11) is 0. The topological polar surface area (TPSA) is 0 Å². The molecule has 0 N–H and O–H groups in total. The van der Waals surface area contributed by atoms with Crippen molar-refractivity contribution < 1.29 is 13.2 Å². The first-order valence-electron chi connectivity index (χ1n) is 12.5. The van der Waals surface area contributed by atoms with E-state index in [9.17, 15) is 4.39 Å². The zero-order chi connectivity index (χ0) is 24.1. The number of rotatable bonds is 7. The van der Waals surface area contributed by atoms with Crippen molar-refractivity contribution in [2.45, 2.75) is 64.7 Å². The minimum atomic E-state index is -0.750. The normalized spacial score (nSPS) is 18.5. The maximum absolute atomic E-state index is 15.1. The largest absolute Gasteiger partial charge is 0.207 e. The fourth-order valence-electron chi connectivity index (χ4n) is 5.07. The molecule has 0 saturated heterocycles. The molecule has 3 heteroatoms. The molecule has 0 heterocycles. The number of aryl methyl sites for hydroxylation is 2. The molecule has 3 aromatic rings. The Morgan fingerprint density at radius 1 is 0.824 bits per heavy atom. The van der Waals surface area contributed by atoms with Gasteiger partial charge in [0.15, 0.2) is 11.6 Å². The number of halogens is 3. The molecular weight excluding hydrogens is 429 g/mol. The first-order chi connectivity index (χ1) is 16.5. The molecule has 0 aliphatic heterocycles. The summed E-state index contributed by atoms with van der Waals surface area (Å²) in [6, 6.07) is 16.6. The van der Waals surface area contributed by atoms with E-state index in [-0.39, 0.29) is 11.7 Å². The highest BCUT2D eigenvalue weighted by Gasteiger charge is 2.25. The Hall–Kier alpha value is -2.81. The van der Waals surface area contributed by atoms with Crippen molar-refractivity contribution in [3.63, 3.8) is 0 Å². The second-order valence-corrected chi connectivity index (χ2v) is 9.45. The van der Waals surface area contributed by atoms with Gasteiger partial charge >= 0.3 is 0 Å². The Kier molecular flexibility index (Phi) is 7.92. The number of allylic oxidation sites excluding steroid dienone is 1. The van der Waals surface area contributed by atoms with Gasteiger partial charge < -0.3 is 0 Å². The van der Waals surface area contributed by atoms with Crippen LogP contribution < -0.4 is 0 Å². The second-order valence-electron chi connectivity index (χ2n) is 9.45. The molecule has 0 unspecified atom stereocenters. The molecular formula is C31H33F3. The highest BCUT2D eigenvalue weighted by Crippen LogP contribution is 2.39. The molecule has 4 rings (SSSR count). The predicted molar refractivity (Wildman–Crippen MR) is 135 cm³/mol. The van der Waals surface area contributed by atoms with Crippen molar-refractivity contribution in [3.8, 4) is 11.1 Å². The van der Waals surface area contributed by atoms with Gasteiger partial charge in [0.25, 0.3) is 0 Å². The van der Waals surface area contributed by atoms with Gasteiger partial charge in [0, 0.05) is 5.56 Å². The summed E-state index contributed by atoms with van der Waals surface area (Å²) in [4.78, 5) is 0. The van der Waals surface area contributed by atoms with Crippen LogP contribution in [0.15, 0.2) is 60.7 Å². The van der Waals surface area contributed by atoms with Crippen molar-refractivity contribution in [2.75, 3.05) is 0 Å². The third kappa shape index (κ3) is 5.46. The van der Waals surface area contributed by atoms with Crippen LogP contribution in [0.25, 0.3) is 17.2 Å².